The van der Waals surface area contributed by atoms with Crippen LogP contribution < -0.4 is 5.32 Å². The normalized spacial score (nSPS) is 12.7. The lowest BCUT2D eigenvalue weighted by Crippen LogP contribution is -2.45. The van der Waals surface area contributed by atoms with Crippen LogP contribution in [-0.2, 0) is 14.3 Å². The van der Waals surface area contributed by atoms with E-state index in [1.165, 1.54) is 7.11 Å². The molecule has 5 nitrogen and oxygen atoms in total. The average molecular weight is 356 g/mol. The third-order valence-corrected chi connectivity index (χ3v) is 3.59. The molecule has 0 fully saturated rings. The highest BCUT2D eigenvalue weighted by molar-refractivity contribution is 9.09. The molecule has 0 saturated heterocycles. The molecule has 0 rings (SSSR count). The van der Waals surface area contributed by atoms with Crippen LogP contribution in [0.4, 0.5) is 4.79 Å². The van der Waals surface area contributed by atoms with Crippen LogP contribution in [-0.4, -0.2) is 47.7 Å². The van der Waals surface area contributed by atoms with Gasteiger partial charge in [0, 0.05) is 11.1 Å². The molecule has 0 aliphatic rings. The van der Waals surface area contributed by atoms with Gasteiger partial charge in [-0.1, -0.05) is 15.9 Å². The highest BCUT2D eigenvalue weighted by Crippen LogP contribution is 2.10. The summed E-state index contributed by atoms with van der Waals surface area (Å²) >= 11 is 4.93. The Labute approximate surface area is 127 Å². The monoisotopic (exact) mass is 355 g/mol. The molecule has 0 aliphatic heterocycles. The van der Waals surface area contributed by atoms with Crippen molar-refractivity contribution in [2.75, 3.05) is 23.9 Å². The van der Waals surface area contributed by atoms with Gasteiger partial charge in [-0.2, -0.15) is 11.8 Å². The summed E-state index contributed by atoms with van der Waals surface area (Å²) in [6.07, 6.45) is 0.398. The molecule has 0 spiro atoms. The summed E-state index contributed by atoms with van der Waals surface area (Å²) < 4.78 is 9.78. The lowest BCUT2D eigenvalue weighted by molar-refractivity contribution is -0.142. The number of ether oxygens (including phenoxy) is 2. The van der Waals surface area contributed by atoms with Gasteiger partial charge in [-0.25, -0.2) is 9.59 Å². The van der Waals surface area contributed by atoms with Crippen molar-refractivity contribution in [2.24, 2.45) is 0 Å². The number of rotatable bonds is 7. The molecule has 1 amide bonds. The van der Waals surface area contributed by atoms with Crippen molar-refractivity contribution in [3.8, 4) is 0 Å². The fraction of sp³-hybridized carbons (Fsp3) is 0.833. The quantitative estimate of drug-likeness (QED) is 0.432. The predicted molar refractivity (Wildman–Crippen MR) is 80.9 cm³/mol. The third kappa shape index (κ3) is 10.1. The van der Waals surface area contributed by atoms with E-state index in [0.29, 0.717) is 5.75 Å². The van der Waals surface area contributed by atoms with E-state index >= 15 is 0 Å². The minimum atomic E-state index is -0.680. The minimum Gasteiger partial charge on any atom is -0.467 e. The fourth-order valence-corrected chi connectivity index (χ4v) is 2.74. The van der Waals surface area contributed by atoms with E-state index < -0.39 is 23.7 Å². The summed E-state index contributed by atoms with van der Waals surface area (Å²) in [5.41, 5.74) is -0.589. The first kappa shape index (κ1) is 18.6. The van der Waals surface area contributed by atoms with Gasteiger partial charge in [0.2, 0.25) is 0 Å². The highest BCUT2D eigenvalue weighted by Gasteiger charge is 2.24. The van der Waals surface area contributed by atoms with Crippen LogP contribution in [0.25, 0.3) is 0 Å². The van der Waals surface area contributed by atoms with Gasteiger partial charge in [0.1, 0.15) is 11.6 Å². The van der Waals surface area contributed by atoms with Gasteiger partial charge in [0.25, 0.3) is 0 Å². The van der Waals surface area contributed by atoms with Crippen LogP contribution in [0.1, 0.15) is 27.2 Å². The second kappa shape index (κ2) is 9.47. The summed E-state index contributed by atoms with van der Waals surface area (Å²) in [5.74, 6) is 0.922. The Balaban J connectivity index is 4.27. The Morgan fingerprint density at radius 3 is 2.47 bits per heavy atom. The zero-order valence-electron chi connectivity index (χ0n) is 11.8. The molecule has 0 saturated carbocycles. The van der Waals surface area contributed by atoms with Crippen LogP contribution in [0.5, 0.6) is 0 Å². The van der Waals surface area contributed by atoms with Gasteiger partial charge < -0.3 is 14.8 Å². The highest BCUT2D eigenvalue weighted by atomic mass is 79.9. The summed E-state index contributed by atoms with van der Waals surface area (Å²) in [6.45, 7) is 5.30. The molecule has 0 aromatic rings. The van der Waals surface area contributed by atoms with E-state index in [-0.39, 0.29) is 0 Å². The fourth-order valence-electron chi connectivity index (χ4n) is 1.12. The van der Waals surface area contributed by atoms with Gasteiger partial charge in [-0.15, -0.1) is 0 Å². The molecule has 0 radical (unpaired) electrons. The number of halogens is 1. The van der Waals surface area contributed by atoms with E-state index in [1.54, 1.807) is 32.5 Å². The van der Waals surface area contributed by atoms with Crippen molar-refractivity contribution in [1.82, 2.24) is 5.32 Å². The number of alkyl halides is 1. The van der Waals surface area contributed by atoms with Crippen molar-refractivity contribution < 1.29 is 19.1 Å². The summed E-state index contributed by atoms with van der Waals surface area (Å²) in [5, 5.41) is 3.45. The number of alkyl carbamates (subject to hydrolysis) is 1. The molecule has 0 bridgehead atoms. The van der Waals surface area contributed by atoms with Crippen LogP contribution in [0.15, 0.2) is 0 Å². The number of methoxy groups -OCH3 is 1. The maximum Gasteiger partial charge on any atom is 0.408 e. The molecule has 7 heteroatoms. The molecule has 0 heterocycles. The van der Waals surface area contributed by atoms with Gasteiger partial charge in [0.15, 0.2) is 0 Å². The van der Waals surface area contributed by atoms with Gasteiger partial charge in [-0.05, 0) is 32.9 Å². The number of thioether (sulfide) groups is 1. The molecule has 1 N–H and O–H groups in total. The number of esters is 1. The first-order chi connectivity index (χ1) is 8.80. The third-order valence-electron chi connectivity index (χ3n) is 1.88. The summed E-state index contributed by atoms with van der Waals surface area (Å²) in [7, 11) is 1.30. The number of hydrogen-bond donors (Lipinski definition) is 1. The minimum absolute atomic E-state index is 0.461. The number of carbonyl (C=O) groups is 2. The molecular formula is C12H22BrNO4S. The first-order valence-corrected chi connectivity index (χ1v) is 8.29. The topological polar surface area (TPSA) is 64.6 Å². The van der Waals surface area contributed by atoms with Crippen LogP contribution in [0, 0.1) is 0 Å². The van der Waals surface area contributed by atoms with Crippen LogP contribution >= 0.6 is 27.7 Å². The Morgan fingerprint density at radius 2 is 2.00 bits per heavy atom. The molecule has 19 heavy (non-hydrogen) atoms. The van der Waals surface area contributed by atoms with Crippen LogP contribution in [0.2, 0.25) is 0 Å². The summed E-state index contributed by atoms with van der Waals surface area (Å²) in [4.78, 5) is 23.2. The second-order valence-corrected chi connectivity index (χ2v) is 6.78. The number of amides is 1. The lowest BCUT2D eigenvalue weighted by atomic mass is 10.2. The zero-order valence-corrected chi connectivity index (χ0v) is 14.2. The van der Waals surface area contributed by atoms with E-state index in [1.807, 2.05) is 0 Å². The lowest BCUT2D eigenvalue weighted by Gasteiger charge is -2.22. The predicted octanol–water partition coefficient (Wildman–Crippen LogP) is 2.57. The molecular weight excluding hydrogens is 334 g/mol. The largest absolute Gasteiger partial charge is 0.467 e. The molecule has 0 aliphatic carbocycles. The standard InChI is InChI=1S/C12H22BrNO4S/c1-12(2,3)18-11(16)14-9(10(15)17-4)8-19-7-5-6-13/h9H,5-8H2,1-4H3,(H,14,16)/t9-/m0/s1. The van der Waals surface area contributed by atoms with E-state index in [0.717, 1.165) is 17.5 Å². The molecule has 0 unspecified atom stereocenters. The van der Waals surface area contributed by atoms with Gasteiger partial charge in [0.05, 0.1) is 7.11 Å². The van der Waals surface area contributed by atoms with Gasteiger partial charge >= 0.3 is 12.1 Å². The number of hydrogen-bond acceptors (Lipinski definition) is 5. The molecule has 0 aromatic heterocycles. The second-order valence-electron chi connectivity index (χ2n) is 4.84. The number of carbonyl (C=O) groups excluding carboxylic acids is 2. The molecule has 1 atom stereocenters. The maximum absolute atomic E-state index is 11.6. The van der Waals surface area contributed by atoms with Crippen LogP contribution in [0.3, 0.4) is 0 Å². The SMILES string of the molecule is COC(=O)[C@H](CSCCCBr)NC(=O)OC(C)(C)C. The summed E-state index contributed by atoms with van der Waals surface area (Å²) in [6, 6.07) is -0.680. The zero-order chi connectivity index (χ0) is 14.9. The van der Waals surface area contributed by atoms with E-state index in [4.69, 9.17) is 4.74 Å². The number of nitrogens with one attached hydrogen (secondary N) is 1. The van der Waals surface area contributed by atoms with Gasteiger partial charge in [-0.3, -0.25) is 0 Å². The van der Waals surface area contributed by atoms with E-state index in [2.05, 4.69) is 26.0 Å². The van der Waals surface area contributed by atoms with Crippen molar-refractivity contribution in [3.05, 3.63) is 0 Å². The Kier molecular flexibility index (Phi) is 9.26. The molecule has 0 aromatic carbocycles. The van der Waals surface area contributed by atoms with Crippen molar-refractivity contribution in [2.45, 2.75) is 38.8 Å². The Morgan fingerprint density at radius 1 is 1.37 bits per heavy atom. The maximum atomic E-state index is 11.6. The average Bonchev–Trinajstić information content (AvgIpc) is 2.29. The molecule has 112 valence electrons. The smallest absolute Gasteiger partial charge is 0.408 e. The first-order valence-electron chi connectivity index (χ1n) is 6.01. The Bertz CT molecular complexity index is 294. The van der Waals surface area contributed by atoms with Crippen molar-refractivity contribution >= 4 is 39.8 Å². The Hall–Kier alpha value is -0.430. The van der Waals surface area contributed by atoms with Crippen molar-refractivity contribution in [1.29, 1.82) is 0 Å². The van der Waals surface area contributed by atoms with Crippen molar-refractivity contribution in [3.63, 3.8) is 0 Å². The van der Waals surface area contributed by atoms with E-state index in [9.17, 15) is 9.59 Å².